The molecule has 0 spiro atoms. The molecule has 2 aliphatic rings. The predicted molar refractivity (Wildman–Crippen MR) is 162 cm³/mol. The van der Waals surface area contributed by atoms with Gasteiger partial charge in [-0.1, -0.05) is 69.5 Å². The number of methoxy groups -OCH3 is 1. The zero-order valence-electron chi connectivity index (χ0n) is 25.4. The Morgan fingerprint density at radius 1 is 0.833 bits per heavy atom. The normalized spacial score (nSPS) is 22.4. The average Bonchev–Trinajstić information content (AvgIpc) is 3.04. The van der Waals surface area contributed by atoms with E-state index < -0.39 is 12.6 Å². The van der Waals surface area contributed by atoms with Gasteiger partial charge in [-0.05, 0) is 104 Å². The van der Waals surface area contributed by atoms with Gasteiger partial charge in [0, 0.05) is 12.1 Å². The molecule has 0 saturated heterocycles. The number of hydrogen-bond acceptors (Lipinski definition) is 7. The second-order valence-electron chi connectivity index (χ2n) is 12.0. The van der Waals surface area contributed by atoms with Crippen LogP contribution in [0.1, 0.15) is 118 Å². The molecule has 7 heteroatoms. The summed E-state index contributed by atoms with van der Waals surface area (Å²) in [6.45, 7) is 5.18. The molecule has 2 fully saturated rings. The third kappa shape index (κ3) is 9.06. The molecule has 1 N–H and O–H groups in total. The Balaban J connectivity index is 1.29. The first kappa shape index (κ1) is 32.1. The zero-order valence-corrected chi connectivity index (χ0v) is 25.4. The highest BCUT2D eigenvalue weighted by atomic mass is 17.5. The molecule has 2 aliphatic carbocycles. The van der Waals surface area contributed by atoms with Gasteiger partial charge in [0.1, 0.15) is 0 Å². The molecule has 0 bridgehead atoms. The van der Waals surface area contributed by atoms with E-state index in [0.29, 0.717) is 17.6 Å². The standard InChI is InChI=1S/C35H48O7/c1-4-5-6-7-26-8-10-27(11-9-26)28-12-14-29(15-13-28)30-16-18-31(19-17-30)32-20-21-33(39-24-38-3)34(22-32)40-42-41-35(37)25(2)23-36/h12-15,20-22,26-27,30-31,36H,2,4-11,16-19,23-24H2,1,3H3. The summed E-state index contributed by atoms with van der Waals surface area (Å²) in [6, 6.07) is 15.3. The maximum atomic E-state index is 11.7. The lowest BCUT2D eigenvalue weighted by Gasteiger charge is -2.31. The van der Waals surface area contributed by atoms with E-state index in [-0.39, 0.29) is 18.1 Å². The highest BCUT2D eigenvalue weighted by molar-refractivity contribution is 5.87. The van der Waals surface area contributed by atoms with Crippen LogP contribution in [0, 0.1) is 5.92 Å². The van der Waals surface area contributed by atoms with Crippen molar-refractivity contribution in [1.82, 2.24) is 0 Å². The van der Waals surface area contributed by atoms with Gasteiger partial charge in [-0.25, -0.2) is 4.79 Å². The fourth-order valence-corrected chi connectivity index (χ4v) is 6.56. The van der Waals surface area contributed by atoms with E-state index in [9.17, 15) is 4.79 Å². The number of carbonyl (C=O) groups excluding carboxylic acids is 1. The second kappa shape index (κ2) is 16.7. The number of aliphatic hydroxyl groups excluding tert-OH is 1. The van der Waals surface area contributed by atoms with Crippen LogP contribution in [-0.2, 0) is 19.5 Å². The number of rotatable bonds is 15. The molecule has 42 heavy (non-hydrogen) atoms. The third-order valence-electron chi connectivity index (χ3n) is 9.15. The van der Waals surface area contributed by atoms with Crippen LogP contribution in [0.4, 0.5) is 0 Å². The van der Waals surface area contributed by atoms with Crippen molar-refractivity contribution >= 4 is 5.97 Å². The molecular weight excluding hydrogens is 532 g/mol. The molecule has 0 aromatic heterocycles. The van der Waals surface area contributed by atoms with Gasteiger partial charge in [-0.3, -0.25) is 9.78 Å². The topological polar surface area (TPSA) is 83.5 Å². The molecule has 2 aromatic rings. The summed E-state index contributed by atoms with van der Waals surface area (Å²) in [5.74, 6) is 2.39. The van der Waals surface area contributed by atoms with E-state index >= 15 is 0 Å². The number of ether oxygens (including phenoxy) is 2. The van der Waals surface area contributed by atoms with E-state index in [0.717, 1.165) is 43.1 Å². The van der Waals surface area contributed by atoms with Crippen molar-refractivity contribution in [3.05, 3.63) is 71.3 Å². The molecule has 0 heterocycles. The quantitative estimate of drug-likeness (QED) is 0.0746. The average molecular weight is 581 g/mol. The highest BCUT2D eigenvalue weighted by Gasteiger charge is 2.26. The van der Waals surface area contributed by atoms with E-state index in [1.54, 1.807) is 0 Å². The molecule has 2 aromatic carbocycles. The summed E-state index contributed by atoms with van der Waals surface area (Å²) in [5.41, 5.74) is 3.95. The van der Waals surface area contributed by atoms with E-state index in [1.807, 2.05) is 18.2 Å². The van der Waals surface area contributed by atoms with Crippen LogP contribution in [-0.4, -0.2) is 31.6 Å². The molecule has 0 unspecified atom stereocenters. The van der Waals surface area contributed by atoms with E-state index in [4.69, 9.17) is 19.5 Å². The molecule has 0 radical (unpaired) electrons. The molecular formula is C35H48O7. The Morgan fingerprint density at radius 2 is 1.40 bits per heavy atom. The fraction of sp³-hybridized carbons (Fsp3) is 0.571. The maximum absolute atomic E-state index is 11.7. The summed E-state index contributed by atoms with van der Waals surface area (Å²) in [7, 11) is 1.53. The Kier molecular flexibility index (Phi) is 12.7. The number of hydrogen-bond donors (Lipinski definition) is 1. The summed E-state index contributed by atoms with van der Waals surface area (Å²) < 4.78 is 10.6. The van der Waals surface area contributed by atoms with Crippen LogP contribution in [0.15, 0.2) is 54.6 Å². The number of carbonyl (C=O) groups is 1. The van der Waals surface area contributed by atoms with Crippen molar-refractivity contribution in [1.29, 1.82) is 0 Å². The largest absolute Gasteiger partial charge is 0.464 e. The van der Waals surface area contributed by atoms with Gasteiger partial charge in [0.05, 0.1) is 12.2 Å². The molecule has 2 saturated carbocycles. The number of unbranched alkanes of at least 4 members (excludes halogenated alkanes) is 2. The smallest absolute Gasteiger partial charge is 0.375 e. The second-order valence-corrected chi connectivity index (χ2v) is 12.0. The lowest BCUT2D eigenvalue weighted by Crippen LogP contribution is -2.14. The van der Waals surface area contributed by atoms with E-state index in [1.165, 1.54) is 69.6 Å². The summed E-state index contributed by atoms with van der Waals surface area (Å²) in [4.78, 5) is 21.5. The Labute approximate surface area is 251 Å². The fourth-order valence-electron chi connectivity index (χ4n) is 6.56. The molecule has 4 rings (SSSR count). The molecule has 0 atom stereocenters. The zero-order chi connectivity index (χ0) is 29.7. The van der Waals surface area contributed by atoms with Crippen molar-refractivity contribution < 1.29 is 34.2 Å². The Morgan fingerprint density at radius 3 is 1.98 bits per heavy atom. The summed E-state index contributed by atoms with van der Waals surface area (Å²) >= 11 is 0. The van der Waals surface area contributed by atoms with E-state index in [2.05, 4.69) is 47.7 Å². The Hall–Kier alpha value is -2.87. The van der Waals surface area contributed by atoms with Crippen LogP contribution in [0.25, 0.3) is 0 Å². The molecule has 7 nitrogen and oxygen atoms in total. The lowest BCUT2D eigenvalue weighted by molar-refractivity contribution is -0.435. The van der Waals surface area contributed by atoms with Gasteiger partial charge in [0.2, 0.25) is 5.75 Å². The highest BCUT2D eigenvalue weighted by Crippen LogP contribution is 2.43. The monoisotopic (exact) mass is 580 g/mol. The minimum absolute atomic E-state index is 0.0288. The lowest BCUT2D eigenvalue weighted by atomic mass is 9.75. The minimum Gasteiger partial charge on any atom is -0.464 e. The minimum atomic E-state index is -0.912. The first-order valence-electron chi connectivity index (χ1n) is 15.7. The van der Waals surface area contributed by atoms with Gasteiger partial charge in [-0.2, -0.15) is 0 Å². The van der Waals surface area contributed by atoms with Crippen LogP contribution < -0.4 is 9.62 Å². The number of aliphatic hydroxyl groups is 1. The van der Waals surface area contributed by atoms with Crippen LogP contribution >= 0.6 is 0 Å². The van der Waals surface area contributed by atoms with Crippen molar-refractivity contribution in [3.63, 3.8) is 0 Å². The van der Waals surface area contributed by atoms with Crippen LogP contribution in [0.3, 0.4) is 0 Å². The van der Waals surface area contributed by atoms with Crippen molar-refractivity contribution in [2.24, 2.45) is 5.92 Å². The first-order valence-corrected chi connectivity index (χ1v) is 15.7. The molecule has 0 aliphatic heterocycles. The van der Waals surface area contributed by atoms with Gasteiger partial charge in [-0.15, -0.1) is 0 Å². The summed E-state index contributed by atoms with van der Waals surface area (Å²) in [6.07, 6.45) is 15.4. The van der Waals surface area contributed by atoms with Gasteiger partial charge >= 0.3 is 5.97 Å². The maximum Gasteiger partial charge on any atom is 0.375 e. The van der Waals surface area contributed by atoms with Gasteiger partial charge in [0.25, 0.3) is 0 Å². The van der Waals surface area contributed by atoms with Crippen LogP contribution in [0.2, 0.25) is 0 Å². The predicted octanol–water partition coefficient (Wildman–Crippen LogP) is 8.28. The molecule has 230 valence electrons. The van der Waals surface area contributed by atoms with Gasteiger partial charge in [0.15, 0.2) is 12.5 Å². The number of benzene rings is 2. The SMILES string of the molecule is C=C(CO)C(=O)OOOc1cc(C2CCC(c3ccc(C4CCC(CCCCC)CC4)cc3)CC2)ccc1OCOC. The van der Waals surface area contributed by atoms with Crippen LogP contribution in [0.5, 0.6) is 11.5 Å². The third-order valence-corrected chi connectivity index (χ3v) is 9.15. The van der Waals surface area contributed by atoms with Crippen molar-refractivity contribution in [3.8, 4) is 11.5 Å². The molecule has 0 amide bonds. The van der Waals surface area contributed by atoms with Crippen molar-refractivity contribution in [2.45, 2.75) is 102 Å². The Bertz CT molecular complexity index is 1110. The van der Waals surface area contributed by atoms with Gasteiger partial charge < -0.3 is 14.6 Å². The first-order chi connectivity index (χ1) is 20.5. The van der Waals surface area contributed by atoms with Crippen molar-refractivity contribution in [2.75, 3.05) is 20.5 Å². The summed E-state index contributed by atoms with van der Waals surface area (Å²) in [5, 5.41) is 13.7.